The summed E-state index contributed by atoms with van der Waals surface area (Å²) in [6.07, 6.45) is 1.74. The lowest BCUT2D eigenvalue weighted by molar-refractivity contribution is 0.0973. The van der Waals surface area contributed by atoms with E-state index in [1.807, 2.05) is 26.8 Å². The van der Waals surface area contributed by atoms with Gasteiger partial charge in [-0.1, -0.05) is 0 Å². The molecular formula is C8H13NO. The molecule has 10 heavy (non-hydrogen) atoms. The molecule has 56 valence electrons. The second-order valence-corrected chi connectivity index (χ2v) is 2.48. The molecule has 0 aromatic carbocycles. The molecule has 0 heterocycles. The van der Waals surface area contributed by atoms with Crippen LogP contribution < -0.4 is 0 Å². The van der Waals surface area contributed by atoms with Gasteiger partial charge in [0.2, 0.25) is 0 Å². The van der Waals surface area contributed by atoms with Crippen LogP contribution in [0.1, 0.15) is 20.8 Å². The van der Waals surface area contributed by atoms with E-state index >= 15 is 0 Å². The summed E-state index contributed by atoms with van der Waals surface area (Å²) in [5.41, 5.74) is 0.969. The van der Waals surface area contributed by atoms with E-state index in [0.717, 1.165) is 5.57 Å². The quantitative estimate of drug-likeness (QED) is 0.559. The molecule has 0 aromatic rings. The minimum absolute atomic E-state index is 0.238. The zero-order valence-electron chi connectivity index (χ0n) is 6.72. The Balaban J connectivity index is 3.51. The topological polar surface area (TPSA) is 33.0 Å². The van der Waals surface area contributed by atoms with Gasteiger partial charge in [-0.2, -0.15) is 5.26 Å². The summed E-state index contributed by atoms with van der Waals surface area (Å²) < 4.78 is 5.24. The van der Waals surface area contributed by atoms with Gasteiger partial charge in [-0.05, 0) is 26.3 Å². The van der Waals surface area contributed by atoms with E-state index in [1.165, 1.54) is 6.08 Å². The van der Waals surface area contributed by atoms with E-state index in [0.29, 0.717) is 6.61 Å². The van der Waals surface area contributed by atoms with Crippen LogP contribution in [0.25, 0.3) is 0 Å². The van der Waals surface area contributed by atoms with Gasteiger partial charge in [-0.25, -0.2) is 0 Å². The minimum atomic E-state index is 0.238. The maximum Gasteiger partial charge on any atom is 0.0912 e. The third kappa shape index (κ3) is 5.33. The molecule has 0 unspecified atom stereocenters. The number of hydrogen-bond acceptors (Lipinski definition) is 2. The summed E-state index contributed by atoms with van der Waals surface area (Å²) in [6.45, 7) is 6.39. The number of hydrogen-bond donors (Lipinski definition) is 0. The molecule has 2 heteroatoms. The molecule has 0 N–H and O–H groups in total. The Morgan fingerprint density at radius 1 is 1.70 bits per heavy atom. The van der Waals surface area contributed by atoms with Crippen LogP contribution in [0.3, 0.4) is 0 Å². The van der Waals surface area contributed by atoms with Crippen molar-refractivity contribution >= 4 is 0 Å². The molecule has 0 radical (unpaired) electrons. The van der Waals surface area contributed by atoms with Gasteiger partial charge in [0.25, 0.3) is 0 Å². The van der Waals surface area contributed by atoms with Crippen molar-refractivity contribution in [3.05, 3.63) is 11.6 Å². The van der Waals surface area contributed by atoms with Gasteiger partial charge in [0.05, 0.1) is 18.8 Å². The Kier molecular flexibility index (Phi) is 4.61. The fraction of sp³-hybridized carbons (Fsp3) is 0.625. The maximum absolute atomic E-state index is 8.22. The summed E-state index contributed by atoms with van der Waals surface area (Å²) in [5.74, 6) is 0. The van der Waals surface area contributed by atoms with Crippen LogP contribution in [0.15, 0.2) is 11.6 Å². The molecule has 0 atom stereocenters. The van der Waals surface area contributed by atoms with Crippen LogP contribution >= 0.6 is 0 Å². The first-order valence-corrected chi connectivity index (χ1v) is 3.33. The highest BCUT2D eigenvalue weighted by Gasteiger charge is 1.92. The lowest BCUT2D eigenvalue weighted by Gasteiger charge is -2.05. The van der Waals surface area contributed by atoms with E-state index in [-0.39, 0.29) is 6.10 Å². The van der Waals surface area contributed by atoms with Crippen molar-refractivity contribution in [2.45, 2.75) is 26.9 Å². The highest BCUT2D eigenvalue weighted by atomic mass is 16.5. The Morgan fingerprint density at radius 2 is 2.30 bits per heavy atom. The minimum Gasteiger partial charge on any atom is -0.374 e. The predicted molar refractivity (Wildman–Crippen MR) is 40.5 cm³/mol. The van der Waals surface area contributed by atoms with E-state index in [1.54, 1.807) is 0 Å². The number of nitrogens with zero attached hydrogens (tertiary/aromatic N) is 1. The standard InChI is InChI=1S/C8H13NO/c1-7(2)10-6-8(3)4-5-9/h4,7H,6H2,1-3H3. The van der Waals surface area contributed by atoms with Crippen molar-refractivity contribution in [2.75, 3.05) is 6.61 Å². The van der Waals surface area contributed by atoms with Gasteiger partial charge >= 0.3 is 0 Å². The first-order valence-electron chi connectivity index (χ1n) is 3.33. The summed E-state index contributed by atoms with van der Waals surface area (Å²) >= 11 is 0. The molecular weight excluding hydrogens is 126 g/mol. The van der Waals surface area contributed by atoms with Gasteiger partial charge in [0, 0.05) is 6.08 Å². The molecule has 0 aliphatic heterocycles. The average molecular weight is 139 g/mol. The van der Waals surface area contributed by atoms with Gasteiger partial charge in [-0.3, -0.25) is 0 Å². The molecule has 0 bridgehead atoms. The van der Waals surface area contributed by atoms with Gasteiger partial charge < -0.3 is 4.74 Å². The Morgan fingerprint density at radius 3 is 2.70 bits per heavy atom. The maximum atomic E-state index is 8.22. The molecule has 2 nitrogen and oxygen atoms in total. The van der Waals surface area contributed by atoms with Gasteiger partial charge in [0.15, 0.2) is 0 Å². The smallest absolute Gasteiger partial charge is 0.0912 e. The molecule has 0 spiro atoms. The first-order chi connectivity index (χ1) is 4.66. The highest BCUT2D eigenvalue weighted by molar-refractivity contribution is 5.11. The van der Waals surface area contributed by atoms with Crippen LogP contribution in [0.4, 0.5) is 0 Å². The second kappa shape index (κ2) is 5.01. The highest BCUT2D eigenvalue weighted by Crippen LogP contribution is 1.95. The van der Waals surface area contributed by atoms with E-state index in [4.69, 9.17) is 10.00 Å². The SMILES string of the molecule is CC(=CC#N)COC(C)C. The summed E-state index contributed by atoms with van der Waals surface area (Å²) in [4.78, 5) is 0. The number of ether oxygens (including phenoxy) is 1. The largest absolute Gasteiger partial charge is 0.374 e. The van der Waals surface area contributed by atoms with Crippen LogP contribution in [0.5, 0.6) is 0 Å². The molecule has 0 rings (SSSR count). The third-order valence-electron chi connectivity index (χ3n) is 0.955. The lowest BCUT2D eigenvalue weighted by Crippen LogP contribution is -2.04. The van der Waals surface area contributed by atoms with Gasteiger partial charge in [0.1, 0.15) is 0 Å². The average Bonchev–Trinajstić information content (AvgIpc) is 1.85. The summed E-state index contributed by atoms with van der Waals surface area (Å²) in [5, 5.41) is 8.22. The van der Waals surface area contributed by atoms with Gasteiger partial charge in [-0.15, -0.1) is 0 Å². The number of allylic oxidation sites excluding steroid dienone is 1. The van der Waals surface area contributed by atoms with E-state index in [2.05, 4.69) is 0 Å². The molecule has 0 saturated heterocycles. The van der Waals surface area contributed by atoms with Crippen LogP contribution in [0, 0.1) is 11.3 Å². The van der Waals surface area contributed by atoms with Crippen molar-refractivity contribution in [1.29, 1.82) is 5.26 Å². The Hall–Kier alpha value is -0.810. The van der Waals surface area contributed by atoms with Crippen molar-refractivity contribution in [2.24, 2.45) is 0 Å². The fourth-order valence-corrected chi connectivity index (χ4v) is 0.450. The molecule has 0 aliphatic rings. The zero-order chi connectivity index (χ0) is 7.98. The van der Waals surface area contributed by atoms with Crippen molar-refractivity contribution < 1.29 is 4.74 Å². The Labute approximate surface area is 62.1 Å². The molecule has 0 aliphatic carbocycles. The molecule has 0 fully saturated rings. The zero-order valence-corrected chi connectivity index (χ0v) is 6.72. The monoisotopic (exact) mass is 139 g/mol. The lowest BCUT2D eigenvalue weighted by atomic mass is 10.3. The van der Waals surface area contributed by atoms with Crippen molar-refractivity contribution in [3.8, 4) is 6.07 Å². The summed E-state index contributed by atoms with van der Waals surface area (Å²) in [6, 6.07) is 1.95. The van der Waals surface area contributed by atoms with Crippen molar-refractivity contribution in [3.63, 3.8) is 0 Å². The molecule has 0 aromatic heterocycles. The third-order valence-corrected chi connectivity index (χ3v) is 0.955. The Bertz CT molecular complexity index is 153. The van der Waals surface area contributed by atoms with Crippen LogP contribution in [-0.4, -0.2) is 12.7 Å². The fourth-order valence-electron chi connectivity index (χ4n) is 0.450. The predicted octanol–water partition coefficient (Wildman–Crippen LogP) is 1.88. The first kappa shape index (κ1) is 9.19. The normalized spacial score (nSPS) is 11.7. The van der Waals surface area contributed by atoms with Crippen LogP contribution in [0.2, 0.25) is 0 Å². The van der Waals surface area contributed by atoms with E-state index < -0.39 is 0 Å². The number of rotatable bonds is 3. The number of nitriles is 1. The second-order valence-electron chi connectivity index (χ2n) is 2.48. The summed E-state index contributed by atoms with van der Waals surface area (Å²) in [7, 11) is 0. The van der Waals surface area contributed by atoms with E-state index in [9.17, 15) is 0 Å². The van der Waals surface area contributed by atoms with Crippen LogP contribution in [-0.2, 0) is 4.74 Å². The molecule has 0 amide bonds. The molecule has 0 saturated carbocycles. The van der Waals surface area contributed by atoms with Crippen molar-refractivity contribution in [1.82, 2.24) is 0 Å².